The van der Waals surface area contributed by atoms with E-state index in [2.05, 4.69) is 15.3 Å². The number of hydrogen-bond donors (Lipinski definition) is 4. The summed E-state index contributed by atoms with van der Waals surface area (Å²) in [5.41, 5.74) is 0.431. The molecule has 1 aromatic carbocycles. The lowest BCUT2D eigenvalue weighted by atomic mass is 10.1. The smallest absolute Gasteiger partial charge is 0.352 e. The fourth-order valence-corrected chi connectivity index (χ4v) is 2.55. The number of halogens is 1. The third kappa shape index (κ3) is 3.25. The molecule has 2 aromatic heterocycles. The van der Waals surface area contributed by atoms with Crippen molar-refractivity contribution in [3.05, 3.63) is 69.5 Å². The van der Waals surface area contributed by atoms with Crippen molar-refractivity contribution in [3.8, 4) is 0 Å². The molecule has 3 rings (SSSR count). The highest BCUT2D eigenvalue weighted by atomic mass is 19.1. The van der Waals surface area contributed by atoms with Crippen molar-refractivity contribution in [2.24, 2.45) is 0 Å². The van der Waals surface area contributed by atoms with E-state index in [1.807, 2.05) is 0 Å². The van der Waals surface area contributed by atoms with Gasteiger partial charge in [0.1, 0.15) is 11.5 Å². The average Bonchev–Trinajstić information content (AvgIpc) is 3.08. The van der Waals surface area contributed by atoms with Gasteiger partial charge in [-0.05, 0) is 42.5 Å². The number of fused-ring (bicyclic) bond motifs is 1. The van der Waals surface area contributed by atoms with E-state index in [9.17, 15) is 18.8 Å². The number of benzene rings is 1. The predicted octanol–water partition coefficient (Wildman–Crippen LogP) is 2.63. The molecule has 0 saturated carbocycles. The molecule has 7 nitrogen and oxygen atoms in total. The zero-order valence-corrected chi connectivity index (χ0v) is 13.6. The van der Waals surface area contributed by atoms with Crippen molar-refractivity contribution >= 4 is 34.4 Å². The van der Waals surface area contributed by atoms with Crippen LogP contribution in [0.1, 0.15) is 26.5 Å². The Kier molecular flexibility index (Phi) is 4.40. The number of carboxylic acid groups (broad SMARTS) is 1. The molecule has 26 heavy (non-hydrogen) atoms. The lowest BCUT2D eigenvalue weighted by Crippen LogP contribution is -2.16. The van der Waals surface area contributed by atoms with Crippen LogP contribution in [0.2, 0.25) is 0 Å². The van der Waals surface area contributed by atoms with Gasteiger partial charge in [0.15, 0.2) is 5.78 Å². The number of H-pyrrole nitrogens is 2. The summed E-state index contributed by atoms with van der Waals surface area (Å²) in [5.74, 6) is -2.21. The molecule has 0 spiro atoms. The number of nitrogens with one attached hydrogen (secondary N) is 3. The van der Waals surface area contributed by atoms with Gasteiger partial charge in [-0.25, -0.2) is 9.18 Å². The molecule has 0 radical (unpaired) electrons. The summed E-state index contributed by atoms with van der Waals surface area (Å²) >= 11 is 0. The number of aromatic nitrogens is 2. The minimum absolute atomic E-state index is 0.0179. The van der Waals surface area contributed by atoms with E-state index in [1.54, 1.807) is 7.05 Å². The first kappa shape index (κ1) is 17.2. The van der Waals surface area contributed by atoms with E-state index >= 15 is 0 Å². The number of carboxylic acids is 1. The standard InChI is InChI=1S/C18H14FN3O4/c1-20-14-8-10(19)6-9-7-12(17(24)22-16(9)14)15(23)5-3-11-2-4-13(21-11)18(25)26/h2-8,20-21H,1H3,(H,22,24)(H,25,26). The zero-order valence-electron chi connectivity index (χ0n) is 13.6. The van der Waals surface area contributed by atoms with Gasteiger partial charge in [0.2, 0.25) is 0 Å². The maximum Gasteiger partial charge on any atom is 0.352 e. The Balaban J connectivity index is 1.97. The molecule has 0 aliphatic heterocycles. The molecule has 2 heterocycles. The Morgan fingerprint density at radius 2 is 1.96 bits per heavy atom. The minimum Gasteiger partial charge on any atom is -0.477 e. The first-order valence-electron chi connectivity index (χ1n) is 7.58. The summed E-state index contributed by atoms with van der Waals surface area (Å²) in [6, 6.07) is 6.63. The SMILES string of the molecule is CNc1cc(F)cc2cc(C(=O)C=Cc3ccc(C(=O)O)[nH]3)c(=O)[nH]c12. The number of carbonyl (C=O) groups is 2. The van der Waals surface area contributed by atoms with Crippen molar-refractivity contribution in [1.82, 2.24) is 9.97 Å². The van der Waals surface area contributed by atoms with Crippen molar-refractivity contribution in [3.63, 3.8) is 0 Å². The molecule has 3 aromatic rings. The second-order valence-electron chi connectivity index (χ2n) is 5.51. The summed E-state index contributed by atoms with van der Waals surface area (Å²) < 4.78 is 13.7. The molecular weight excluding hydrogens is 341 g/mol. The van der Waals surface area contributed by atoms with Crippen LogP contribution < -0.4 is 10.9 Å². The molecule has 132 valence electrons. The Hall–Kier alpha value is -3.68. The molecule has 0 saturated heterocycles. The molecule has 0 fully saturated rings. The van der Waals surface area contributed by atoms with Crippen LogP contribution in [-0.4, -0.2) is 33.9 Å². The normalized spacial score (nSPS) is 11.2. The average molecular weight is 355 g/mol. The van der Waals surface area contributed by atoms with Gasteiger partial charge in [-0.2, -0.15) is 0 Å². The number of ketones is 1. The van der Waals surface area contributed by atoms with E-state index < -0.39 is 23.1 Å². The maximum absolute atomic E-state index is 13.7. The summed E-state index contributed by atoms with van der Waals surface area (Å²) in [6.45, 7) is 0. The number of hydrogen-bond acceptors (Lipinski definition) is 4. The molecule has 4 N–H and O–H groups in total. The number of carbonyl (C=O) groups excluding carboxylic acids is 1. The van der Waals surface area contributed by atoms with Gasteiger partial charge in [-0.3, -0.25) is 9.59 Å². The lowest BCUT2D eigenvalue weighted by Gasteiger charge is -2.07. The second-order valence-corrected chi connectivity index (χ2v) is 5.51. The molecule has 0 amide bonds. The molecular formula is C18H14FN3O4. The fraction of sp³-hybridized carbons (Fsp3) is 0.0556. The summed E-state index contributed by atoms with van der Waals surface area (Å²) in [6.07, 6.45) is 2.51. The molecule has 0 bridgehead atoms. The van der Waals surface area contributed by atoms with Crippen LogP contribution in [0.5, 0.6) is 0 Å². The lowest BCUT2D eigenvalue weighted by molar-refractivity contribution is 0.0691. The van der Waals surface area contributed by atoms with Crippen molar-refractivity contribution in [2.45, 2.75) is 0 Å². The van der Waals surface area contributed by atoms with Crippen LogP contribution in [0.3, 0.4) is 0 Å². The van der Waals surface area contributed by atoms with Crippen molar-refractivity contribution in [1.29, 1.82) is 0 Å². The van der Waals surface area contributed by atoms with E-state index in [0.717, 1.165) is 6.08 Å². The number of aromatic carboxylic acids is 1. The first-order chi connectivity index (χ1) is 12.4. The highest BCUT2D eigenvalue weighted by Crippen LogP contribution is 2.22. The minimum atomic E-state index is -1.12. The second kappa shape index (κ2) is 6.67. The highest BCUT2D eigenvalue weighted by molar-refractivity contribution is 6.08. The van der Waals surface area contributed by atoms with E-state index in [-0.39, 0.29) is 11.3 Å². The Morgan fingerprint density at radius 3 is 2.62 bits per heavy atom. The predicted molar refractivity (Wildman–Crippen MR) is 95.2 cm³/mol. The fourth-order valence-electron chi connectivity index (χ4n) is 2.55. The van der Waals surface area contributed by atoms with Crippen molar-refractivity contribution < 1.29 is 19.1 Å². The van der Waals surface area contributed by atoms with Gasteiger partial charge in [0, 0.05) is 18.1 Å². The Bertz CT molecular complexity index is 1110. The molecule has 0 atom stereocenters. The van der Waals surface area contributed by atoms with Crippen LogP contribution in [0.4, 0.5) is 10.1 Å². The Morgan fingerprint density at radius 1 is 1.19 bits per heavy atom. The topological polar surface area (TPSA) is 115 Å². The van der Waals surface area contributed by atoms with Gasteiger partial charge in [0.05, 0.1) is 16.8 Å². The quantitative estimate of drug-likeness (QED) is 0.415. The van der Waals surface area contributed by atoms with Crippen LogP contribution in [0.15, 0.2) is 41.2 Å². The third-order valence-corrected chi connectivity index (χ3v) is 3.80. The number of allylic oxidation sites excluding steroid dienone is 1. The van der Waals surface area contributed by atoms with Gasteiger partial charge in [-0.1, -0.05) is 0 Å². The third-order valence-electron chi connectivity index (χ3n) is 3.80. The first-order valence-corrected chi connectivity index (χ1v) is 7.58. The molecule has 0 aliphatic rings. The van der Waals surface area contributed by atoms with Crippen LogP contribution in [0.25, 0.3) is 17.0 Å². The van der Waals surface area contributed by atoms with E-state index in [4.69, 9.17) is 5.11 Å². The highest BCUT2D eigenvalue weighted by Gasteiger charge is 2.12. The van der Waals surface area contributed by atoms with Gasteiger partial charge < -0.3 is 20.4 Å². The summed E-state index contributed by atoms with van der Waals surface area (Å²) in [7, 11) is 1.59. The van der Waals surface area contributed by atoms with E-state index in [0.29, 0.717) is 22.3 Å². The van der Waals surface area contributed by atoms with E-state index in [1.165, 1.54) is 36.4 Å². The monoisotopic (exact) mass is 355 g/mol. The number of anilines is 1. The number of aromatic amines is 2. The van der Waals surface area contributed by atoms with Crippen molar-refractivity contribution in [2.75, 3.05) is 12.4 Å². The maximum atomic E-state index is 13.7. The van der Waals surface area contributed by atoms with Gasteiger partial charge in [-0.15, -0.1) is 0 Å². The zero-order chi connectivity index (χ0) is 18.8. The molecule has 0 aliphatic carbocycles. The van der Waals surface area contributed by atoms with Gasteiger partial charge >= 0.3 is 5.97 Å². The summed E-state index contributed by atoms with van der Waals surface area (Å²) in [4.78, 5) is 40.5. The molecule has 8 heteroatoms. The summed E-state index contributed by atoms with van der Waals surface area (Å²) in [5, 5.41) is 12.0. The van der Waals surface area contributed by atoms with Crippen LogP contribution in [0, 0.1) is 5.82 Å². The Labute approximate surface area is 146 Å². The van der Waals surface area contributed by atoms with Crippen LogP contribution >= 0.6 is 0 Å². The van der Waals surface area contributed by atoms with Gasteiger partial charge in [0.25, 0.3) is 5.56 Å². The number of pyridine rings is 1. The number of rotatable bonds is 5. The van der Waals surface area contributed by atoms with Crippen LogP contribution in [-0.2, 0) is 0 Å². The molecule has 0 unspecified atom stereocenters. The largest absolute Gasteiger partial charge is 0.477 e.